The van der Waals surface area contributed by atoms with Crippen LogP contribution in [0.3, 0.4) is 0 Å². The molecule has 2 atom stereocenters. The fraction of sp³-hybridized carbons (Fsp3) is 0.849. The molecule has 59 heavy (non-hydrogen) atoms. The molecule has 6 nitrogen and oxygen atoms in total. The van der Waals surface area contributed by atoms with E-state index < -0.39 is 12.1 Å². The SMILES string of the molecule is CCC/C=C\C/C=C\CCCCCCCC(=O)OCCCC/C=C\CCCCCCC(=O)NC(CO)C(O)CCCCCCCCCCCCCCCCCCCCC. The van der Waals surface area contributed by atoms with Gasteiger partial charge in [-0.3, -0.25) is 9.59 Å². The van der Waals surface area contributed by atoms with Crippen LogP contribution in [0.4, 0.5) is 0 Å². The summed E-state index contributed by atoms with van der Waals surface area (Å²) in [6.45, 7) is 4.79. The number of carbonyl (C=O) groups is 2. The second-order valence-corrected chi connectivity index (χ2v) is 17.5. The zero-order valence-electron chi connectivity index (χ0n) is 39.2. The van der Waals surface area contributed by atoms with Gasteiger partial charge in [0.05, 0.1) is 25.4 Å². The molecule has 0 aliphatic heterocycles. The number of hydrogen-bond acceptors (Lipinski definition) is 5. The number of rotatable bonds is 47. The molecule has 0 fully saturated rings. The van der Waals surface area contributed by atoms with E-state index in [9.17, 15) is 19.8 Å². The van der Waals surface area contributed by atoms with Crippen molar-refractivity contribution in [2.75, 3.05) is 13.2 Å². The summed E-state index contributed by atoms with van der Waals surface area (Å²) >= 11 is 0. The van der Waals surface area contributed by atoms with Crippen LogP contribution in [0.5, 0.6) is 0 Å². The van der Waals surface area contributed by atoms with Crippen molar-refractivity contribution in [3.05, 3.63) is 36.5 Å². The predicted octanol–water partition coefficient (Wildman–Crippen LogP) is 15.3. The van der Waals surface area contributed by atoms with Crippen molar-refractivity contribution < 1.29 is 24.5 Å². The molecule has 0 aromatic rings. The Kier molecular flexibility index (Phi) is 47.2. The number of ether oxygens (including phenoxy) is 1. The first-order valence-electron chi connectivity index (χ1n) is 25.7. The van der Waals surface area contributed by atoms with E-state index >= 15 is 0 Å². The number of nitrogens with one attached hydrogen (secondary N) is 1. The van der Waals surface area contributed by atoms with E-state index in [1.807, 2.05) is 0 Å². The first kappa shape index (κ1) is 57.1. The lowest BCUT2D eigenvalue weighted by Gasteiger charge is -2.22. The maximum atomic E-state index is 12.5. The van der Waals surface area contributed by atoms with Gasteiger partial charge >= 0.3 is 5.97 Å². The van der Waals surface area contributed by atoms with Gasteiger partial charge in [-0.1, -0.05) is 211 Å². The largest absolute Gasteiger partial charge is 0.466 e. The number of unbranched alkanes of at least 4 members (excludes halogenated alkanes) is 30. The number of hydrogen-bond donors (Lipinski definition) is 3. The first-order valence-corrected chi connectivity index (χ1v) is 25.7. The average molecular weight is 830 g/mol. The van der Waals surface area contributed by atoms with Crippen LogP contribution in [-0.2, 0) is 14.3 Å². The summed E-state index contributed by atoms with van der Waals surface area (Å²) in [5.74, 6) is -0.123. The van der Waals surface area contributed by atoms with E-state index in [-0.39, 0.29) is 18.5 Å². The van der Waals surface area contributed by atoms with Crippen molar-refractivity contribution in [3.8, 4) is 0 Å². The summed E-state index contributed by atoms with van der Waals surface area (Å²) in [4.78, 5) is 24.4. The Bertz CT molecular complexity index is 962. The number of amides is 1. The molecule has 0 rings (SSSR count). The summed E-state index contributed by atoms with van der Waals surface area (Å²) in [5.41, 5.74) is 0. The van der Waals surface area contributed by atoms with Gasteiger partial charge in [-0.2, -0.15) is 0 Å². The molecule has 0 saturated carbocycles. The highest BCUT2D eigenvalue weighted by atomic mass is 16.5. The fourth-order valence-corrected chi connectivity index (χ4v) is 7.67. The molecule has 0 aromatic carbocycles. The summed E-state index contributed by atoms with van der Waals surface area (Å²) in [6, 6.07) is -0.568. The Balaban J connectivity index is 3.54. The predicted molar refractivity (Wildman–Crippen MR) is 255 cm³/mol. The minimum atomic E-state index is -0.687. The molecule has 3 N–H and O–H groups in total. The van der Waals surface area contributed by atoms with Crippen molar-refractivity contribution in [2.45, 2.75) is 276 Å². The van der Waals surface area contributed by atoms with E-state index in [2.05, 4.69) is 55.6 Å². The van der Waals surface area contributed by atoms with Crippen molar-refractivity contribution in [1.82, 2.24) is 5.32 Å². The molecule has 0 radical (unpaired) electrons. The molecule has 0 aromatic heterocycles. The summed E-state index contributed by atoms with van der Waals surface area (Å²) < 4.78 is 5.41. The summed E-state index contributed by atoms with van der Waals surface area (Å²) in [5, 5.41) is 23.2. The number of esters is 1. The molecule has 0 heterocycles. The van der Waals surface area contributed by atoms with Gasteiger partial charge in [0, 0.05) is 12.8 Å². The lowest BCUT2D eigenvalue weighted by Crippen LogP contribution is -2.45. The normalized spacial score (nSPS) is 12.9. The smallest absolute Gasteiger partial charge is 0.305 e. The maximum Gasteiger partial charge on any atom is 0.305 e. The van der Waals surface area contributed by atoms with E-state index in [0.29, 0.717) is 25.9 Å². The molecule has 1 amide bonds. The quantitative estimate of drug-likeness (QED) is 0.0323. The van der Waals surface area contributed by atoms with Gasteiger partial charge in [0.2, 0.25) is 5.91 Å². The minimum Gasteiger partial charge on any atom is -0.466 e. The van der Waals surface area contributed by atoms with E-state index in [0.717, 1.165) is 89.9 Å². The zero-order valence-corrected chi connectivity index (χ0v) is 39.2. The molecule has 6 heteroatoms. The highest BCUT2D eigenvalue weighted by Gasteiger charge is 2.20. The van der Waals surface area contributed by atoms with Crippen molar-refractivity contribution >= 4 is 11.9 Å². The molecule has 2 unspecified atom stereocenters. The van der Waals surface area contributed by atoms with E-state index in [1.165, 1.54) is 141 Å². The molecule has 0 bridgehead atoms. The lowest BCUT2D eigenvalue weighted by atomic mass is 10.0. The molecule has 0 aliphatic carbocycles. The second kappa shape index (κ2) is 48.7. The van der Waals surface area contributed by atoms with Crippen molar-refractivity contribution in [1.29, 1.82) is 0 Å². The Morgan fingerprint density at radius 3 is 1.37 bits per heavy atom. The summed E-state index contributed by atoms with van der Waals surface area (Å²) in [6.07, 6.45) is 58.3. The van der Waals surface area contributed by atoms with Crippen LogP contribution in [0.15, 0.2) is 36.5 Å². The standard InChI is InChI=1S/C53H99NO5/c1-3-5-7-9-11-13-15-17-18-19-20-21-22-24-25-29-33-37-41-45-51(56)50(49-55)54-52(57)46-42-38-34-30-27-28-32-36-40-44-48-59-53(58)47-43-39-35-31-26-23-16-14-12-10-8-6-4-2/h8,10,14,16,28,32,50-51,55-56H,3-7,9,11-13,15,17-27,29-31,33-49H2,1-2H3,(H,54,57)/b10-8-,16-14-,32-28-. The number of aliphatic hydroxyl groups excluding tert-OH is 2. The van der Waals surface area contributed by atoms with Crippen LogP contribution in [0, 0.1) is 0 Å². The molecule has 0 aliphatic rings. The van der Waals surface area contributed by atoms with Crippen LogP contribution in [-0.4, -0.2) is 47.4 Å². The highest BCUT2D eigenvalue weighted by Crippen LogP contribution is 2.16. The van der Waals surface area contributed by atoms with Gasteiger partial charge in [0.15, 0.2) is 0 Å². The van der Waals surface area contributed by atoms with Crippen LogP contribution < -0.4 is 5.32 Å². The second-order valence-electron chi connectivity index (χ2n) is 17.5. The molecular formula is C53H99NO5. The Labute approximate surface area is 366 Å². The number of allylic oxidation sites excluding steroid dienone is 6. The van der Waals surface area contributed by atoms with Crippen molar-refractivity contribution in [2.24, 2.45) is 0 Å². The Hall–Kier alpha value is -1.92. The van der Waals surface area contributed by atoms with Gasteiger partial charge in [-0.15, -0.1) is 0 Å². The lowest BCUT2D eigenvalue weighted by molar-refractivity contribution is -0.143. The topological polar surface area (TPSA) is 95.9 Å². The van der Waals surface area contributed by atoms with Crippen LogP contribution in [0.25, 0.3) is 0 Å². The van der Waals surface area contributed by atoms with Crippen LogP contribution in [0.1, 0.15) is 264 Å². The van der Waals surface area contributed by atoms with Crippen LogP contribution in [0.2, 0.25) is 0 Å². The average Bonchev–Trinajstić information content (AvgIpc) is 3.24. The molecule has 346 valence electrons. The molecular weight excluding hydrogens is 731 g/mol. The number of carbonyl (C=O) groups excluding carboxylic acids is 2. The van der Waals surface area contributed by atoms with E-state index in [1.54, 1.807) is 0 Å². The van der Waals surface area contributed by atoms with Crippen LogP contribution >= 0.6 is 0 Å². The van der Waals surface area contributed by atoms with Gasteiger partial charge in [-0.05, 0) is 77.0 Å². The third kappa shape index (κ3) is 45.4. The number of aliphatic hydroxyl groups is 2. The summed E-state index contributed by atoms with van der Waals surface area (Å²) in [7, 11) is 0. The highest BCUT2D eigenvalue weighted by molar-refractivity contribution is 5.76. The monoisotopic (exact) mass is 830 g/mol. The molecule has 0 spiro atoms. The van der Waals surface area contributed by atoms with Gasteiger partial charge in [0.25, 0.3) is 0 Å². The van der Waals surface area contributed by atoms with E-state index in [4.69, 9.17) is 4.74 Å². The Morgan fingerprint density at radius 1 is 0.475 bits per heavy atom. The third-order valence-electron chi connectivity index (χ3n) is 11.6. The zero-order chi connectivity index (χ0) is 43.0. The molecule has 0 saturated heterocycles. The van der Waals surface area contributed by atoms with Crippen molar-refractivity contribution in [3.63, 3.8) is 0 Å². The van der Waals surface area contributed by atoms with Gasteiger partial charge in [0.1, 0.15) is 0 Å². The van der Waals surface area contributed by atoms with Gasteiger partial charge < -0.3 is 20.3 Å². The Morgan fingerprint density at radius 2 is 0.881 bits per heavy atom. The first-order chi connectivity index (χ1) is 29.0. The van der Waals surface area contributed by atoms with Gasteiger partial charge in [-0.25, -0.2) is 0 Å². The maximum absolute atomic E-state index is 12.5. The fourth-order valence-electron chi connectivity index (χ4n) is 7.67. The minimum absolute atomic E-state index is 0.0518. The third-order valence-corrected chi connectivity index (χ3v) is 11.6.